The maximum atomic E-state index is 12.1. The molecule has 0 saturated carbocycles. The summed E-state index contributed by atoms with van der Waals surface area (Å²) in [5, 5.41) is 51.4. The van der Waals surface area contributed by atoms with E-state index in [2.05, 4.69) is 10.6 Å². The van der Waals surface area contributed by atoms with Gasteiger partial charge in [-0.1, -0.05) is 0 Å². The van der Waals surface area contributed by atoms with Gasteiger partial charge in [0.25, 0.3) is 11.8 Å². The van der Waals surface area contributed by atoms with E-state index in [1.807, 2.05) is 0 Å². The number of phenolic OH excluding ortho intramolecular Hbond substituents is 4. The van der Waals surface area contributed by atoms with Crippen molar-refractivity contribution < 1.29 is 39.9 Å². The molecule has 10 nitrogen and oxygen atoms in total. The third-order valence-electron chi connectivity index (χ3n) is 4.03. The first kappa shape index (κ1) is 21.4. The van der Waals surface area contributed by atoms with Crippen molar-refractivity contribution in [2.45, 2.75) is 18.9 Å². The SMILES string of the molecule is O=C(NCCC[C@H](NC(=O)c1ccc(O)c(O)c1)C(=O)O)c1ccc(O)c(O)c1. The Labute approximate surface area is 165 Å². The largest absolute Gasteiger partial charge is 0.504 e. The zero-order valence-electron chi connectivity index (χ0n) is 15.1. The van der Waals surface area contributed by atoms with Gasteiger partial charge in [0.05, 0.1) is 0 Å². The van der Waals surface area contributed by atoms with Crippen LogP contribution in [-0.4, -0.2) is 55.9 Å². The predicted molar refractivity (Wildman–Crippen MR) is 100 cm³/mol. The molecule has 154 valence electrons. The van der Waals surface area contributed by atoms with Crippen molar-refractivity contribution in [1.82, 2.24) is 10.6 Å². The number of aliphatic carboxylic acids is 1. The van der Waals surface area contributed by atoms with Crippen LogP contribution in [0, 0.1) is 0 Å². The first-order chi connectivity index (χ1) is 13.7. The lowest BCUT2D eigenvalue weighted by molar-refractivity contribution is -0.139. The van der Waals surface area contributed by atoms with Crippen LogP contribution in [0.2, 0.25) is 0 Å². The molecule has 10 heteroatoms. The lowest BCUT2D eigenvalue weighted by atomic mass is 10.1. The molecule has 0 heterocycles. The Balaban J connectivity index is 1.86. The van der Waals surface area contributed by atoms with E-state index >= 15 is 0 Å². The highest BCUT2D eigenvalue weighted by Crippen LogP contribution is 2.25. The molecular formula is C19H20N2O8. The van der Waals surface area contributed by atoms with Crippen molar-refractivity contribution in [2.24, 2.45) is 0 Å². The third kappa shape index (κ3) is 5.76. The van der Waals surface area contributed by atoms with Gasteiger partial charge in [-0.3, -0.25) is 9.59 Å². The number of hydrogen-bond acceptors (Lipinski definition) is 7. The van der Waals surface area contributed by atoms with Gasteiger partial charge in [0.15, 0.2) is 23.0 Å². The number of phenols is 4. The zero-order valence-corrected chi connectivity index (χ0v) is 15.1. The standard InChI is InChI=1S/C19H20N2O8/c22-13-5-3-10(8-15(13)24)17(26)20-7-1-2-12(19(28)29)21-18(27)11-4-6-14(23)16(25)9-11/h3-6,8-9,12,22-25H,1-2,7H2,(H,20,26)(H,21,27)(H,28,29)/t12-/m0/s1. The molecule has 0 aliphatic heterocycles. The third-order valence-corrected chi connectivity index (χ3v) is 4.03. The number of carbonyl (C=O) groups excluding carboxylic acids is 2. The molecule has 0 unspecified atom stereocenters. The van der Waals surface area contributed by atoms with Gasteiger partial charge in [-0.2, -0.15) is 0 Å². The molecule has 0 aromatic heterocycles. The van der Waals surface area contributed by atoms with E-state index in [9.17, 15) is 39.9 Å². The minimum atomic E-state index is -1.27. The van der Waals surface area contributed by atoms with Gasteiger partial charge in [0.2, 0.25) is 0 Å². The fourth-order valence-corrected chi connectivity index (χ4v) is 2.44. The Kier molecular flexibility index (Phi) is 6.85. The summed E-state index contributed by atoms with van der Waals surface area (Å²) in [6.45, 7) is 0.111. The molecule has 7 N–H and O–H groups in total. The van der Waals surface area contributed by atoms with Gasteiger partial charge >= 0.3 is 5.97 Å². The number of carboxylic acid groups (broad SMARTS) is 1. The number of aromatic hydroxyl groups is 4. The van der Waals surface area contributed by atoms with Crippen molar-refractivity contribution in [1.29, 1.82) is 0 Å². The first-order valence-corrected chi connectivity index (χ1v) is 8.55. The highest BCUT2D eigenvalue weighted by atomic mass is 16.4. The molecule has 0 spiro atoms. The molecule has 0 aliphatic rings. The van der Waals surface area contributed by atoms with Crippen molar-refractivity contribution in [2.75, 3.05) is 6.54 Å². The van der Waals surface area contributed by atoms with Crippen LogP contribution in [0.25, 0.3) is 0 Å². The number of benzene rings is 2. The van der Waals surface area contributed by atoms with Gasteiger partial charge < -0.3 is 36.2 Å². The summed E-state index contributed by atoms with van der Waals surface area (Å²) < 4.78 is 0. The molecule has 0 aliphatic carbocycles. The van der Waals surface area contributed by atoms with E-state index in [1.165, 1.54) is 18.2 Å². The Morgan fingerprint density at radius 1 is 0.793 bits per heavy atom. The second-order valence-electron chi connectivity index (χ2n) is 6.17. The molecule has 1 atom stereocenters. The fourth-order valence-electron chi connectivity index (χ4n) is 2.44. The Morgan fingerprint density at radius 3 is 1.79 bits per heavy atom. The molecule has 0 radical (unpaired) electrons. The fraction of sp³-hybridized carbons (Fsp3) is 0.211. The summed E-state index contributed by atoms with van der Waals surface area (Å²) in [7, 11) is 0. The summed E-state index contributed by atoms with van der Waals surface area (Å²) in [5.41, 5.74) is 0.0996. The van der Waals surface area contributed by atoms with Gasteiger partial charge in [-0.15, -0.1) is 0 Å². The molecule has 2 amide bonds. The summed E-state index contributed by atoms with van der Waals surface area (Å²) in [4.78, 5) is 35.5. The van der Waals surface area contributed by atoms with Crippen molar-refractivity contribution in [3.63, 3.8) is 0 Å². The van der Waals surface area contributed by atoms with Crippen LogP contribution in [0.5, 0.6) is 23.0 Å². The van der Waals surface area contributed by atoms with Gasteiger partial charge in [-0.25, -0.2) is 4.79 Å². The smallest absolute Gasteiger partial charge is 0.326 e. The minimum absolute atomic E-state index is 0.0201. The second kappa shape index (κ2) is 9.31. The highest BCUT2D eigenvalue weighted by Gasteiger charge is 2.21. The topological polar surface area (TPSA) is 176 Å². The summed E-state index contributed by atoms with van der Waals surface area (Å²) >= 11 is 0. The molecular weight excluding hydrogens is 384 g/mol. The molecule has 0 fully saturated rings. The summed E-state index contributed by atoms with van der Waals surface area (Å²) in [6.07, 6.45) is 0.250. The average molecular weight is 404 g/mol. The van der Waals surface area contributed by atoms with Crippen LogP contribution in [0.15, 0.2) is 36.4 Å². The van der Waals surface area contributed by atoms with Crippen LogP contribution in [-0.2, 0) is 4.79 Å². The number of rotatable bonds is 8. The van der Waals surface area contributed by atoms with Crippen molar-refractivity contribution in [3.8, 4) is 23.0 Å². The maximum absolute atomic E-state index is 12.1. The number of amides is 2. The number of nitrogens with one attached hydrogen (secondary N) is 2. The second-order valence-corrected chi connectivity index (χ2v) is 6.17. The van der Waals surface area contributed by atoms with E-state index in [1.54, 1.807) is 0 Å². The lowest BCUT2D eigenvalue weighted by Gasteiger charge is -2.15. The van der Waals surface area contributed by atoms with Gasteiger partial charge in [-0.05, 0) is 49.2 Å². The first-order valence-electron chi connectivity index (χ1n) is 8.55. The number of hydrogen-bond donors (Lipinski definition) is 7. The van der Waals surface area contributed by atoms with Crippen LogP contribution >= 0.6 is 0 Å². The van der Waals surface area contributed by atoms with Gasteiger partial charge in [0, 0.05) is 17.7 Å². The van der Waals surface area contributed by atoms with Crippen LogP contribution in [0.1, 0.15) is 33.6 Å². The Bertz CT molecular complexity index is 928. The van der Waals surface area contributed by atoms with Gasteiger partial charge in [0.1, 0.15) is 6.04 Å². The maximum Gasteiger partial charge on any atom is 0.326 e. The van der Waals surface area contributed by atoms with E-state index in [4.69, 9.17) is 0 Å². The van der Waals surface area contributed by atoms with E-state index in [0.29, 0.717) is 0 Å². The van der Waals surface area contributed by atoms with Crippen molar-refractivity contribution in [3.05, 3.63) is 47.5 Å². The lowest BCUT2D eigenvalue weighted by Crippen LogP contribution is -2.41. The molecule has 2 aromatic rings. The van der Waals surface area contributed by atoms with Crippen molar-refractivity contribution >= 4 is 17.8 Å². The molecule has 2 aromatic carbocycles. The average Bonchev–Trinajstić information content (AvgIpc) is 2.67. The van der Waals surface area contributed by atoms with Crippen LogP contribution in [0.3, 0.4) is 0 Å². The summed E-state index contributed by atoms with van der Waals surface area (Å²) in [5.74, 6) is -4.24. The minimum Gasteiger partial charge on any atom is -0.504 e. The Hall–Kier alpha value is -3.95. The summed E-state index contributed by atoms with van der Waals surface area (Å²) in [6, 6.07) is 5.70. The molecule has 0 bridgehead atoms. The van der Waals surface area contributed by atoms with E-state index < -0.39 is 41.1 Å². The van der Waals surface area contributed by atoms with E-state index in [-0.39, 0.29) is 36.3 Å². The quantitative estimate of drug-likeness (QED) is 0.251. The van der Waals surface area contributed by atoms with E-state index in [0.717, 1.165) is 18.2 Å². The normalized spacial score (nSPS) is 11.4. The van der Waals surface area contributed by atoms with Crippen LogP contribution in [0.4, 0.5) is 0 Å². The predicted octanol–water partition coefficient (Wildman–Crippen LogP) is 0.902. The Morgan fingerprint density at radius 2 is 1.31 bits per heavy atom. The number of carboxylic acids is 1. The monoisotopic (exact) mass is 404 g/mol. The number of carbonyl (C=O) groups is 3. The zero-order chi connectivity index (χ0) is 21.6. The molecule has 0 saturated heterocycles. The highest BCUT2D eigenvalue weighted by molar-refractivity contribution is 5.97. The molecule has 29 heavy (non-hydrogen) atoms. The molecule has 2 rings (SSSR count). The van der Waals surface area contributed by atoms with Crippen LogP contribution < -0.4 is 10.6 Å².